The van der Waals surface area contributed by atoms with Gasteiger partial charge in [-0.3, -0.25) is 4.57 Å². The second kappa shape index (κ2) is 4.28. The topological polar surface area (TPSA) is 55.4 Å². The molecule has 1 aliphatic carbocycles. The molecule has 0 saturated heterocycles. The van der Waals surface area contributed by atoms with E-state index < -0.39 is 6.10 Å². The first-order valence-corrected chi connectivity index (χ1v) is 6.50. The van der Waals surface area contributed by atoms with E-state index >= 15 is 0 Å². The van der Waals surface area contributed by atoms with Gasteiger partial charge >= 0.3 is 5.76 Å². The van der Waals surface area contributed by atoms with Crippen LogP contribution >= 0.6 is 0 Å². The summed E-state index contributed by atoms with van der Waals surface area (Å²) in [6.07, 6.45) is 2.81. The van der Waals surface area contributed by atoms with E-state index in [1.165, 1.54) is 12.8 Å². The maximum atomic E-state index is 11.6. The third kappa shape index (κ3) is 1.97. The van der Waals surface area contributed by atoms with Crippen LogP contribution in [0, 0.1) is 5.92 Å². The maximum absolute atomic E-state index is 11.6. The molecule has 0 bridgehead atoms. The highest BCUT2D eigenvalue weighted by atomic mass is 16.4. The van der Waals surface area contributed by atoms with Gasteiger partial charge in [0.05, 0.1) is 11.6 Å². The molecule has 1 aliphatic rings. The zero-order valence-electron chi connectivity index (χ0n) is 10.4. The molecule has 1 aromatic carbocycles. The summed E-state index contributed by atoms with van der Waals surface area (Å²) < 4.78 is 6.79. The first kappa shape index (κ1) is 11.5. The predicted molar refractivity (Wildman–Crippen MR) is 68.4 cm³/mol. The van der Waals surface area contributed by atoms with Gasteiger partial charge in [-0.15, -0.1) is 0 Å². The molecule has 4 heteroatoms. The van der Waals surface area contributed by atoms with E-state index in [2.05, 4.69) is 0 Å². The van der Waals surface area contributed by atoms with E-state index in [1.54, 1.807) is 10.6 Å². The molecule has 1 heterocycles. The summed E-state index contributed by atoms with van der Waals surface area (Å²) in [5, 5.41) is 10.1. The summed E-state index contributed by atoms with van der Waals surface area (Å²) >= 11 is 0. The van der Waals surface area contributed by atoms with E-state index in [4.69, 9.17) is 4.42 Å². The summed E-state index contributed by atoms with van der Waals surface area (Å²) in [6, 6.07) is 5.53. The Balaban J connectivity index is 1.97. The van der Waals surface area contributed by atoms with Crippen molar-refractivity contribution in [2.75, 3.05) is 0 Å². The Morgan fingerprint density at radius 2 is 2.28 bits per heavy atom. The van der Waals surface area contributed by atoms with Crippen LogP contribution in [-0.4, -0.2) is 9.67 Å². The third-order valence-corrected chi connectivity index (χ3v) is 3.65. The molecule has 1 N–H and O–H groups in total. The van der Waals surface area contributed by atoms with Gasteiger partial charge in [0.25, 0.3) is 0 Å². The highest BCUT2D eigenvalue weighted by Gasteiger charge is 2.25. The van der Waals surface area contributed by atoms with Gasteiger partial charge < -0.3 is 9.52 Å². The van der Waals surface area contributed by atoms with Crippen molar-refractivity contribution in [1.82, 2.24) is 4.57 Å². The third-order valence-electron chi connectivity index (χ3n) is 3.65. The van der Waals surface area contributed by atoms with E-state index in [-0.39, 0.29) is 5.76 Å². The number of fused-ring (bicyclic) bond motifs is 1. The number of nitrogens with zero attached hydrogens (tertiary/aromatic N) is 1. The second-order valence-electron chi connectivity index (χ2n) is 5.03. The molecular weight excluding hydrogens is 230 g/mol. The lowest BCUT2D eigenvalue weighted by Crippen LogP contribution is -2.11. The standard InChI is InChI=1S/C14H17NO3/c1-2-15-11-6-5-10(8-13(11)18-14(15)17)12(16)7-9-3-4-9/h5-6,8-9,12,16H,2-4,7H2,1H3. The number of oxazole rings is 1. The number of aromatic nitrogens is 1. The van der Waals surface area contributed by atoms with Gasteiger partial charge in [0.1, 0.15) is 0 Å². The molecule has 1 aromatic heterocycles. The summed E-state index contributed by atoms with van der Waals surface area (Å²) in [4.78, 5) is 11.6. The molecular formula is C14H17NO3. The average molecular weight is 247 g/mol. The van der Waals surface area contributed by atoms with Crippen molar-refractivity contribution in [3.05, 3.63) is 34.3 Å². The van der Waals surface area contributed by atoms with Gasteiger partial charge in [-0.05, 0) is 37.0 Å². The van der Waals surface area contributed by atoms with Crippen molar-refractivity contribution in [3.63, 3.8) is 0 Å². The number of hydrogen-bond acceptors (Lipinski definition) is 3. The van der Waals surface area contributed by atoms with E-state index in [9.17, 15) is 9.90 Å². The zero-order valence-corrected chi connectivity index (χ0v) is 10.4. The number of hydrogen-bond donors (Lipinski definition) is 1. The summed E-state index contributed by atoms with van der Waals surface area (Å²) in [5.74, 6) is 0.337. The van der Waals surface area contributed by atoms with Crippen LogP contribution < -0.4 is 5.76 Å². The first-order chi connectivity index (χ1) is 8.69. The molecule has 1 unspecified atom stereocenters. The SMILES string of the molecule is CCn1c(=O)oc2cc(C(O)CC3CC3)ccc21. The monoisotopic (exact) mass is 247 g/mol. The molecule has 1 atom stereocenters. The Morgan fingerprint density at radius 1 is 1.50 bits per heavy atom. The highest BCUT2D eigenvalue weighted by molar-refractivity contribution is 5.73. The zero-order chi connectivity index (χ0) is 12.7. The molecule has 0 aliphatic heterocycles. The first-order valence-electron chi connectivity index (χ1n) is 6.50. The summed E-state index contributed by atoms with van der Waals surface area (Å²) in [7, 11) is 0. The molecule has 4 nitrogen and oxygen atoms in total. The Morgan fingerprint density at radius 3 is 2.94 bits per heavy atom. The van der Waals surface area contributed by atoms with Gasteiger partial charge in [0.2, 0.25) is 0 Å². The fourth-order valence-electron chi connectivity index (χ4n) is 2.40. The lowest BCUT2D eigenvalue weighted by Gasteiger charge is -2.09. The minimum absolute atomic E-state index is 0.332. The normalized spacial score (nSPS) is 17.2. The number of aliphatic hydroxyl groups is 1. The van der Waals surface area contributed by atoms with Crippen LogP contribution in [0.25, 0.3) is 11.1 Å². The molecule has 2 aromatic rings. The van der Waals surface area contributed by atoms with Crippen molar-refractivity contribution in [2.45, 2.75) is 38.8 Å². The van der Waals surface area contributed by atoms with Crippen molar-refractivity contribution in [1.29, 1.82) is 0 Å². The van der Waals surface area contributed by atoms with Gasteiger partial charge in [0.15, 0.2) is 5.58 Å². The van der Waals surface area contributed by atoms with Gasteiger partial charge in [0, 0.05) is 6.54 Å². The van der Waals surface area contributed by atoms with Crippen LogP contribution in [0.15, 0.2) is 27.4 Å². The largest absolute Gasteiger partial charge is 0.419 e. The summed E-state index contributed by atoms with van der Waals surface area (Å²) in [6.45, 7) is 2.50. The number of benzene rings is 1. The summed E-state index contributed by atoms with van der Waals surface area (Å²) in [5.41, 5.74) is 2.20. The Hall–Kier alpha value is -1.55. The molecule has 0 amide bonds. The van der Waals surface area contributed by atoms with Crippen LogP contribution in [0.5, 0.6) is 0 Å². The minimum atomic E-state index is -0.447. The fraction of sp³-hybridized carbons (Fsp3) is 0.500. The Bertz CT molecular complexity index is 621. The van der Waals surface area contributed by atoms with Gasteiger partial charge in [-0.25, -0.2) is 4.79 Å². The molecule has 0 radical (unpaired) electrons. The van der Waals surface area contributed by atoms with Crippen LogP contribution in [0.1, 0.15) is 37.9 Å². The van der Waals surface area contributed by atoms with Crippen molar-refractivity contribution in [2.24, 2.45) is 5.92 Å². The molecule has 0 spiro atoms. The molecule has 1 saturated carbocycles. The van der Waals surface area contributed by atoms with Crippen molar-refractivity contribution in [3.8, 4) is 0 Å². The quantitative estimate of drug-likeness (QED) is 0.902. The second-order valence-corrected chi connectivity index (χ2v) is 5.03. The lowest BCUT2D eigenvalue weighted by molar-refractivity contribution is 0.160. The Labute approximate surface area is 105 Å². The highest BCUT2D eigenvalue weighted by Crippen LogP contribution is 2.37. The van der Waals surface area contributed by atoms with Gasteiger partial charge in [-0.2, -0.15) is 0 Å². The number of rotatable bonds is 4. The van der Waals surface area contributed by atoms with Crippen LogP contribution in [-0.2, 0) is 6.54 Å². The average Bonchev–Trinajstić information content (AvgIpc) is 3.09. The smallest absolute Gasteiger partial charge is 0.408 e. The van der Waals surface area contributed by atoms with Crippen molar-refractivity contribution >= 4 is 11.1 Å². The van der Waals surface area contributed by atoms with Crippen LogP contribution in [0.2, 0.25) is 0 Å². The van der Waals surface area contributed by atoms with E-state index in [0.717, 1.165) is 17.5 Å². The van der Waals surface area contributed by atoms with E-state index in [1.807, 2.05) is 19.1 Å². The van der Waals surface area contributed by atoms with Gasteiger partial charge in [-0.1, -0.05) is 18.9 Å². The molecule has 18 heavy (non-hydrogen) atoms. The van der Waals surface area contributed by atoms with E-state index in [0.29, 0.717) is 18.0 Å². The Kier molecular flexibility index (Phi) is 2.74. The minimum Gasteiger partial charge on any atom is -0.408 e. The van der Waals surface area contributed by atoms with Crippen LogP contribution in [0.4, 0.5) is 0 Å². The molecule has 1 fully saturated rings. The predicted octanol–water partition coefficient (Wildman–Crippen LogP) is 2.45. The van der Waals surface area contributed by atoms with Crippen LogP contribution in [0.3, 0.4) is 0 Å². The fourth-order valence-corrected chi connectivity index (χ4v) is 2.40. The number of aryl methyl sites for hydroxylation is 1. The number of aliphatic hydroxyl groups excluding tert-OH is 1. The molecule has 3 rings (SSSR count). The molecule has 96 valence electrons. The maximum Gasteiger partial charge on any atom is 0.419 e. The van der Waals surface area contributed by atoms with Crippen molar-refractivity contribution < 1.29 is 9.52 Å². The lowest BCUT2D eigenvalue weighted by atomic mass is 10.0.